The van der Waals surface area contributed by atoms with Gasteiger partial charge in [0.25, 0.3) is 0 Å². The van der Waals surface area contributed by atoms with Gasteiger partial charge in [0.1, 0.15) is 30.0 Å². The Morgan fingerprint density at radius 2 is 1.52 bits per heavy atom. The fourth-order valence-corrected chi connectivity index (χ4v) is 2.96. The van der Waals surface area contributed by atoms with Gasteiger partial charge in [-0.2, -0.15) is 0 Å². The molecule has 0 spiro atoms. The molecule has 8 heteroatoms. The van der Waals surface area contributed by atoms with Crippen LogP contribution in [0, 0.1) is 17.5 Å². The highest BCUT2D eigenvalue weighted by molar-refractivity contribution is 5.69. The molecule has 0 unspecified atom stereocenters. The average Bonchev–Trinajstić information content (AvgIpc) is 2.76. The van der Waals surface area contributed by atoms with E-state index in [1.54, 1.807) is 0 Å². The molecule has 0 saturated carbocycles. The maximum Gasteiger partial charge on any atom is 0.161 e. The van der Waals surface area contributed by atoms with Gasteiger partial charge >= 0.3 is 0 Å². The van der Waals surface area contributed by atoms with Crippen LogP contribution in [0.2, 0.25) is 0 Å². The van der Waals surface area contributed by atoms with Crippen LogP contribution in [0.1, 0.15) is 37.3 Å². The summed E-state index contributed by atoms with van der Waals surface area (Å²) in [6, 6.07) is 5.21. The molecule has 0 aliphatic heterocycles. The van der Waals surface area contributed by atoms with E-state index in [1.807, 2.05) is 6.92 Å². The third-order valence-corrected chi connectivity index (χ3v) is 4.71. The van der Waals surface area contributed by atoms with E-state index < -0.39 is 41.3 Å². The minimum atomic E-state index is -1.29. The Morgan fingerprint density at radius 3 is 2.06 bits per heavy atom. The molecule has 0 fully saturated rings. The lowest BCUT2D eigenvalue weighted by atomic mass is 10.0. The summed E-state index contributed by atoms with van der Waals surface area (Å²) in [4.78, 5) is 7.95. The lowest BCUT2D eigenvalue weighted by molar-refractivity contribution is 0.440. The molecule has 1 aromatic heterocycles. The third-order valence-electron chi connectivity index (χ3n) is 4.71. The molecule has 0 aliphatic rings. The number of hydrogen-bond donors (Lipinski definition) is 0. The highest BCUT2D eigenvalue weighted by atomic mass is 19.2. The molecule has 31 heavy (non-hydrogen) atoms. The minimum absolute atomic E-state index is 0.00988. The Bertz CT molecular complexity index is 1090. The zero-order valence-electron chi connectivity index (χ0n) is 16.5. The topological polar surface area (TPSA) is 25.8 Å². The van der Waals surface area contributed by atoms with Crippen LogP contribution in [-0.4, -0.2) is 9.97 Å². The van der Waals surface area contributed by atoms with Crippen molar-refractivity contribution in [2.24, 2.45) is 0 Å². The van der Waals surface area contributed by atoms with Gasteiger partial charge in [-0.25, -0.2) is 36.3 Å². The second kappa shape index (κ2) is 9.76. The second-order valence-electron chi connectivity index (χ2n) is 6.86. The van der Waals surface area contributed by atoms with Crippen LogP contribution < -0.4 is 0 Å². The maximum atomic E-state index is 14.5. The Balaban J connectivity index is 1.88. The van der Waals surface area contributed by atoms with Gasteiger partial charge in [-0.3, -0.25) is 0 Å². The Kier molecular flexibility index (Phi) is 7.09. The van der Waals surface area contributed by atoms with Gasteiger partial charge in [0.2, 0.25) is 0 Å². The van der Waals surface area contributed by atoms with Crippen molar-refractivity contribution in [2.75, 3.05) is 0 Å². The van der Waals surface area contributed by atoms with E-state index >= 15 is 0 Å². The lowest BCUT2D eigenvalue weighted by Crippen LogP contribution is -1.97. The minimum Gasteiger partial charge on any atom is -0.246 e. The van der Waals surface area contributed by atoms with Crippen LogP contribution >= 0.6 is 0 Å². The van der Waals surface area contributed by atoms with Crippen LogP contribution in [0.3, 0.4) is 0 Å². The van der Waals surface area contributed by atoms with E-state index in [1.165, 1.54) is 24.5 Å². The first kappa shape index (κ1) is 22.5. The number of allylic oxidation sites excluding steroid dienone is 1. The van der Waals surface area contributed by atoms with E-state index in [2.05, 4.69) is 9.97 Å². The van der Waals surface area contributed by atoms with Crippen molar-refractivity contribution >= 4 is 5.83 Å². The van der Waals surface area contributed by atoms with E-state index in [-0.39, 0.29) is 34.5 Å². The standard InChI is InChI=1S/C23H18F6N2/c1-2-3-4-18(25)22(29)13-5-6-16(19(26)7-13)15-11-30-23(31-12-15)14-8-20(27)17(10-24)21(28)9-14/h5-9,11-12H,2-4,10H2,1H3. The molecule has 162 valence electrons. The summed E-state index contributed by atoms with van der Waals surface area (Å²) in [5.41, 5.74) is -0.641. The Morgan fingerprint density at radius 1 is 0.871 bits per heavy atom. The van der Waals surface area contributed by atoms with Crippen molar-refractivity contribution < 1.29 is 26.3 Å². The molecule has 0 saturated heterocycles. The highest BCUT2D eigenvalue weighted by Crippen LogP contribution is 2.30. The van der Waals surface area contributed by atoms with Crippen LogP contribution in [0.15, 0.2) is 48.6 Å². The SMILES string of the molecule is CCCCC(F)=C(F)c1ccc(-c2cnc(-c3cc(F)c(CF)c(F)c3)nc2)c(F)c1. The average molecular weight is 436 g/mol. The number of halogens is 6. The quantitative estimate of drug-likeness (QED) is 0.359. The van der Waals surface area contributed by atoms with Crippen LogP contribution in [0.4, 0.5) is 26.3 Å². The van der Waals surface area contributed by atoms with E-state index in [4.69, 9.17) is 0 Å². The molecule has 0 bridgehead atoms. The molecule has 0 aliphatic carbocycles. The summed E-state index contributed by atoms with van der Waals surface area (Å²) in [5, 5.41) is 0. The van der Waals surface area contributed by atoms with Gasteiger partial charge in [0.15, 0.2) is 11.7 Å². The van der Waals surface area contributed by atoms with Crippen LogP contribution in [0.5, 0.6) is 0 Å². The number of nitrogens with zero attached hydrogens (tertiary/aromatic N) is 2. The predicted molar refractivity (Wildman–Crippen MR) is 106 cm³/mol. The van der Waals surface area contributed by atoms with E-state index in [0.29, 0.717) is 12.8 Å². The molecule has 0 atom stereocenters. The number of hydrogen-bond acceptors (Lipinski definition) is 2. The Hall–Kier alpha value is -3.16. The summed E-state index contributed by atoms with van der Waals surface area (Å²) in [6.07, 6.45) is 3.58. The first-order chi connectivity index (χ1) is 14.8. The third kappa shape index (κ3) is 4.95. The summed E-state index contributed by atoms with van der Waals surface area (Å²) in [5.74, 6) is -5.01. The molecule has 3 aromatic rings. The lowest BCUT2D eigenvalue weighted by Gasteiger charge is -2.08. The van der Waals surface area contributed by atoms with Crippen molar-refractivity contribution in [3.63, 3.8) is 0 Å². The molecule has 0 radical (unpaired) electrons. The number of unbranched alkanes of at least 4 members (excludes halogenated alkanes) is 1. The van der Waals surface area contributed by atoms with E-state index in [0.717, 1.165) is 18.2 Å². The predicted octanol–water partition coefficient (Wildman–Crippen LogP) is 7.50. The van der Waals surface area contributed by atoms with Crippen LogP contribution in [-0.2, 0) is 6.67 Å². The van der Waals surface area contributed by atoms with Crippen molar-refractivity contribution in [1.82, 2.24) is 9.97 Å². The fourth-order valence-electron chi connectivity index (χ4n) is 2.96. The highest BCUT2D eigenvalue weighted by Gasteiger charge is 2.15. The van der Waals surface area contributed by atoms with Crippen molar-refractivity contribution in [2.45, 2.75) is 32.9 Å². The molecule has 0 N–H and O–H groups in total. The first-order valence-corrected chi connectivity index (χ1v) is 9.56. The molecule has 3 rings (SSSR count). The Labute approximate surface area is 175 Å². The van der Waals surface area contributed by atoms with Crippen molar-refractivity contribution in [3.8, 4) is 22.5 Å². The smallest absolute Gasteiger partial charge is 0.161 e. The normalized spacial score (nSPS) is 12.1. The molecular formula is C23H18F6N2. The molecular weight excluding hydrogens is 418 g/mol. The zero-order valence-corrected chi connectivity index (χ0v) is 16.5. The first-order valence-electron chi connectivity index (χ1n) is 9.56. The largest absolute Gasteiger partial charge is 0.246 e. The van der Waals surface area contributed by atoms with Gasteiger partial charge in [-0.15, -0.1) is 0 Å². The number of rotatable bonds is 7. The monoisotopic (exact) mass is 436 g/mol. The van der Waals surface area contributed by atoms with Crippen LogP contribution in [0.25, 0.3) is 28.3 Å². The molecule has 2 aromatic carbocycles. The molecule has 2 nitrogen and oxygen atoms in total. The second-order valence-corrected chi connectivity index (χ2v) is 6.86. The van der Waals surface area contributed by atoms with Gasteiger partial charge in [-0.1, -0.05) is 25.5 Å². The van der Waals surface area contributed by atoms with E-state index in [9.17, 15) is 26.3 Å². The van der Waals surface area contributed by atoms with Gasteiger partial charge < -0.3 is 0 Å². The molecule has 1 heterocycles. The number of alkyl halides is 1. The number of aromatic nitrogens is 2. The summed E-state index contributed by atoms with van der Waals surface area (Å²) in [7, 11) is 0. The fraction of sp³-hybridized carbons (Fsp3) is 0.217. The van der Waals surface area contributed by atoms with Crippen molar-refractivity contribution in [1.29, 1.82) is 0 Å². The summed E-state index contributed by atoms with van der Waals surface area (Å²) < 4.78 is 82.7. The number of benzene rings is 2. The maximum absolute atomic E-state index is 14.5. The summed E-state index contributed by atoms with van der Waals surface area (Å²) in [6.45, 7) is 0.560. The summed E-state index contributed by atoms with van der Waals surface area (Å²) >= 11 is 0. The zero-order chi connectivity index (χ0) is 22.5. The molecule has 0 amide bonds. The van der Waals surface area contributed by atoms with Gasteiger partial charge in [0.05, 0.1) is 5.56 Å². The van der Waals surface area contributed by atoms with Gasteiger partial charge in [0, 0.05) is 41.1 Å². The van der Waals surface area contributed by atoms with Gasteiger partial charge in [-0.05, 0) is 24.6 Å². The van der Waals surface area contributed by atoms with Crippen molar-refractivity contribution in [3.05, 3.63) is 77.1 Å².